The standard InChI is InChI=1S/C29H30N2O5S/c1-19-10-15-24(16-20(19)2)37(34,35)30-22-13-11-21(12-14-22)28(33)36-18-23(32)17-27-29(3,4)25-8-6-7-9-26(25)31(27)5/h6-17,30H,18H2,1-5H3. The number of likely N-dealkylation sites (N-methyl/N-ethyl adjacent to an activating group) is 1. The predicted molar refractivity (Wildman–Crippen MR) is 144 cm³/mol. The lowest BCUT2D eigenvalue weighted by Crippen LogP contribution is -2.25. The van der Waals surface area contributed by atoms with E-state index < -0.39 is 22.6 Å². The van der Waals surface area contributed by atoms with Crippen molar-refractivity contribution < 1.29 is 22.7 Å². The third kappa shape index (κ3) is 5.29. The van der Waals surface area contributed by atoms with Crippen molar-refractivity contribution >= 4 is 33.2 Å². The molecule has 0 saturated carbocycles. The van der Waals surface area contributed by atoms with Crippen LogP contribution in [0.1, 0.15) is 40.9 Å². The second-order valence-corrected chi connectivity index (χ2v) is 11.4. The van der Waals surface area contributed by atoms with Crippen LogP contribution in [0, 0.1) is 13.8 Å². The lowest BCUT2D eigenvalue weighted by Gasteiger charge is -2.23. The van der Waals surface area contributed by atoms with Gasteiger partial charge in [-0.15, -0.1) is 0 Å². The molecule has 0 amide bonds. The molecule has 7 nitrogen and oxygen atoms in total. The van der Waals surface area contributed by atoms with Crippen molar-refractivity contribution in [2.45, 2.75) is 38.0 Å². The number of para-hydroxylation sites is 1. The third-order valence-corrected chi connectivity index (χ3v) is 8.12. The fourth-order valence-corrected chi connectivity index (χ4v) is 5.59. The van der Waals surface area contributed by atoms with Gasteiger partial charge in [-0.2, -0.15) is 0 Å². The second-order valence-electron chi connectivity index (χ2n) is 9.70. The Hall–Kier alpha value is -3.91. The Bertz CT molecular complexity index is 1510. The van der Waals surface area contributed by atoms with E-state index >= 15 is 0 Å². The van der Waals surface area contributed by atoms with E-state index in [-0.39, 0.29) is 21.7 Å². The number of aryl methyl sites for hydroxylation is 2. The zero-order valence-electron chi connectivity index (χ0n) is 21.5. The van der Waals surface area contributed by atoms with Crippen molar-refractivity contribution in [3.63, 3.8) is 0 Å². The monoisotopic (exact) mass is 518 g/mol. The number of ether oxygens (including phenoxy) is 1. The molecule has 192 valence electrons. The Labute approximate surface area is 217 Å². The molecule has 0 unspecified atom stereocenters. The van der Waals surface area contributed by atoms with Gasteiger partial charge < -0.3 is 9.64 Å². The van der Waals surface area contributed by atoms with E-state index in [0.29, 0.717) is 5.69 Å². The van der Waals surface area contributed by atoms with Gasteiger partial charge in [-0.3, -0.25) is 9.52 Å². The molecule has 37 heavy (non-hydrogen) atoms. The van der Waals surface area contributed by atoms with Gasteiger partial charge in [-0.05, 0) is 73.0 Å². The van der Waals surface area contributed by atoms with Gasteiger partial charge in [0.05, 0.1) is 10.5 Å². The molecule has 8 heteroatoms. The Morgan fingerprint density at radius 2 is 1.65 bits per heavy atom. The highest BCUT2D eigenvalue weighted by Gasteiger charge is 2.38. The smallest absolute Gasteiger partial charge is 0.338 e. The maximum absolute atomic E-state index is 12.7. The fraction of sp³-hybridized carbons (Fsp3) is 0.241. The van der Waals surface area contributed by atoms with Crippen LogP contribution in [-0.4, -0.2) is 33.8 Å². The summed E-state index contributed by atoms with van der Waals surface area (Å²) in [6.07, 6.45) is 1.53. The van der Waals surface area contributed by atoms with Crippen LogP contribution in [0.3, 0.4) is 0 Å². The number of nitrogens with zero attached hydrogens (tertiary/aromatic N) is 1. The summed E-state index contributed by atoms with van der Waals surface area (Å²) in [5, 5.41) is 0. The van der Waals surface area contributed by atoms with Crippen molar-refractivity contribution in [3.05, 3.63) is 101 Å². The summed E-state index contributed by atoms with van der Waals surface area (Å²) < 4.78 is 33.1. The number of rotatable bonds is 7. The van der Waals surface area contributed by atoms with E-state index in [1.54, 1.807) is 18.2 Å². The van der Waals surface area contributed by atoms with Crippen LogP contribution in [0.4, 0.5) is 11.4 Å². The lowest BCUT2D eigenvalue weighted by atomic mass is 9.83. The number of carbonyl (C=O) groups excluding carboxylic acids is 2. The first-order chi connectivity index (χ1) is 17.4. The molecule has 4 rings (SSSR count). The highest BCUT2D eigenvalue weighted by atomic mass is 32.2. The first-order valence-corrected chi connectivity index (χ1v) is 13.3. The van der Waals surface area contributed by atoms with Gasteiger partial charge in [0.1, 0.15) is 0 Å². The molecule has 1 N–H and O–H groups in total. The van der Waals surface area contributed by atoms with Gasteiger partial charge in [-0.25, -0.2) is 13.2 Å². The number of ketones is 1. The molecule has 0 saturated heterocycles. The Morgan fingerprint density at radius 1 is 0.973 bits per heavy atom. The average Bonchev–Trinajstić information content (AvgIpc) is 3.05. The number of fused-ring (bicyclic) bond motifs is 1. The average molecular weight is 519 g/mol. The quantitative estimate of drug-likeness (QED) is 0.344. The first kappa shape index (κ1) is 26.2. The van der Waals surface area contributed by atoms with E-state index in [1.807, 2.05) is 50.1 Å². The highest BCUT2D eigenvalue weighted by molar-refractivity contribution is 7.92. The molecule has 3 aromatic rings. The van der Waals surface area contributed by atoms with Gasteiger partial charge in [-0.1, -0.05) is 38.1 Å². The van der Waals surface area contributed by atoms with E-state index in [9.17, 15) is 18.0 Å². The summed E-state index contributed by atoms with van der Waals surface area (Å²) in [5.74, 6) is -0.994. The Morgan fingerprint density at radius 3 is 2.30 bits per heavy atom. The molecule has 0 aromatic heterocycles. The number of hydrogen-bond acceptors (Lipinski definition) is 6. The number of hydrogen-bond donors (Lipinski definition) is 1. The van der Waals surface area contributed by atoms with E-state index in [1.165, 1.54) is 30.3 Å². The maximum Gasteiger partial charge on any atom is 0.338 e. The number of esters is 1. The minimum atomic E-state index is -3.77. The molecule has 1 aliphatic heterocycles. The molecule has 0 radical (unpaired) electrons. The number of nitrogens with one attached hydrogen (secondary N) is 1. The molecule has 3 aromatic carbocycles. The van der Waals surface area contributed by atoms with E-state index in [4.69, 9.17) is 4.74 Å². The first-order valence-electron chi connectivity index (χ1n) is 11.9. The summed E-state index contributed by atoms with van der Waals surface area (Å²) in [6, 6.07) is 18.8. The number of allylic oxidation sites excluding steroid dienone is 1. The summed E-state index contributed by atoms with van der Waals surface area (Å²) in [7, 11) is -1.86. The van der Waals surface area contributed by atoms with Crippen molar-refractivity contribution in [2.75, 3.05) is 23.3 Å². The molecule has 0 fully saturated rings. The van der Waals surface area contributed by atoms with Crippen LogP contribution in [0.25, 0.3) is 0 Å². The molecule has 0 bridgehead atoms. The Kier molecular flexibility index (Phi) is 6.97. The number of carbonyl (C=O) groups is 2. The van der Waals surface area contributed by atoms with E-state index in [2.05, 4.69) is 18.6 Å². The predicted octanol–water partition coefficient (Wildman–Crippen LogP) is 5.14. The molecular formula is C29H30N2O5S. The number of sulfonamides is 1. The van der Waals surface area contributed by atoms with Crippen molar-refractivity contribution in [3.8, 4) is 0 Å². The van der Waals surface area contributed by atoms with Gasteiger partial charge in [0.25, 0.3) is 10.0 Å². The van der Waals surface area contributed by atoms with Crippen LogP contribution in [0.5, 0.6) is 0 Å². The van der Waals surface area contributed by atoms with Crippen LogP contribution in [0.15, 0.2) is 83.4 Å². The minimum Gasteiger partial charge on any atom is -0.454 e. The van der Waals surface area contributed by atoms with E-state index in [0.717, 1.165) is 28.1 Å². The molecule has 0 aliphatic carbocycles. The van der Waals surface area contributed by atoms with Gasteiger partial charge in [0, 0.05) is 35.6 Å². The molecule has 1 aliphatic rings. The molecule has 0 atom stereocenters. The summed E-state index contributed by atoms with van der Waals surface area (Å²) in [6.45, 7) is 7.46. The van der Waals surface area contributed by atoms with Crippen molar-refractivity contribution in [1.82, 2.24) is 0 Å². The third-order valence-electron chi connectivity index (χ3n) is 6.75. The lowest BCUT2D eigenvalue weighted by molar-refractivity contribution is -0.117. The molecular weight excluding hydrogens is 488 g/mol. The fourth-order valence-electron chi connectivity index (χ4n) is 4.44. The SMILES string of the molecule is Cc1ccc(S(=O)(=O)Nc2ccc(C(=O)OCC(=O)C=C3N(C)c4ccccc4C3(C)C)cc2)cc1C. The number of benzene rings is 3. The van der Waals surface area contributed by atoms with Gasteiger partial charge >= 0.3 is 5.97 Å². The van der Waals surface area contributed by atoms with Gasteiger partial charge in [0.15, 0.2) is 12.4 Å². The zero-order valence-corrected chi connectivity index (χ0v) is 22.3. The summed E-state index contributed by atoms with van der Waals surface area (Å²) in [5.41, 5.74) is 5.03. The Balaban J connectivity index is 1.38. The van der Waals surface area contributed by atoms with Gasteiger partial charge in [0.2, 0.25) is 0 Å². The minimum absolute atomic E-state index is 0.158. The van der Waals surface area contributed by atoms with Crippen molar-refractivity contribution in [2.24, 2.45) is 0 Å². The number of anilines is 2. The topological polar surface area (TPSA) is 92.8 Å². The van der Waals surface area contributed by atoms with Crippen LogP contribution in [0.2, 0.25) is 0 Å². The largest absolute Gasteiger partial charge is 0.454 e. The highest BCUT2D eigenvalue weighted by Crippen LogP contribution is 2.46. The molecule has 0 spiro atoms. The second kappa shape index (κ2) is 9.86. The molecule has 1 heterocycles. The summed E-state index contributed by atoms with van der Waals surface area (Å²) in [4.78, 5) is 27.3. The normalized spacial score (nSPS) is 15.4. The summed E-state index contributed by atoms with van der Waals surface area (Å²) >= 11 is 0. The van der Waals surface area contributed by atoms with Crippen LogP contribution < -0.4 is 9.62 Å². The van der Waals surface area contributed by atoms with Crippen LogP contribution in [-0.2, 0) is 25.0 Å². The maximum atomic E-state index is 12.7. The zero-order chi connectivity index (χ0) is 27.0. The van der Waals surface area contributed by atoms with Crippen molar-refractivity contribution in [1.29, 1.82) is 0 Å². The van der Waals surface area contributed by atoms with Crippen LogP contribution >= 0.6 is 0 Å².